The molecule has 1 atom stereocenters. The van der Waals surface area contributed by atoms with Gasteiger partial charge >= 0.3 is 0 Å². The van der Waals surface area contributed by atoms with Crippen molar-refractivity contribution in [1.82, 2.24) is 9.80 Å². The van der Waals surface area contributed by atoms with Crippen LogP contribution in [0.25, 0.3) is 0 Å². The molecule has 2 rings (SSSR count). The van der Waals surface area contributed by atoms with Gasteiger partial charge in [0.2, 0.25) is 0 Å². The molecule has 1 saturated heterocycles. The molecule has 0 spiro atoms. The molecule has 1 aromatic heterocycles. The minimum Gasteiger partial charge on any atom is -0.462 e. The van der Waals surface area contributed by atoms with Crippen molar-refractivity contribution in [2.24, 2.45) is 0 Å². The summed E-state index contributed by atoms with van der Waals surface area (Å²) in [6.07, 6.45) is 1.25. The van der Waals surface area contributed by atoms with Crippen molar-refractivity contribution >= 4 is 0 Å². The van der Waals surface area contributed by atoms with Gasteiger partial charge in [0.25, 0.3) is 0 Å². The third kappa shape index (κ3) is 3.13. The molecular weight excluding hydrogens is 228 g/mol. The van der Waals surface area contributed by atoms with Crippen LogP contribution < -0.4 is 0 Å². The number of aliphatic hydroxyl groups excluding tert-OH is 1. The van der Waals surface area contributed by atoms with Crippen molar-refractivity contribution in [2.45, 2.75) is 39.5 Å². The van der Waals surface area contributed by atoms with Gasteiger partial charge in [0, 0.05) is 19.1 Å². The summed E-state index contributed by atoms with van der Waals surface area (Å²) in [5, 5.41) is 8.98. The van der Waals surface area contributed by atoms with Crippen LogP contribution in [-0.2, 0) is 13.2 Å². The minimum absolute atomic E-state index is 0.0118. The number of rotatable bonds is 6. The lowest BCUT2D eigenvalue weighted by atomic mass is 10.2. The Balaban J connectivity index is 1.85. The van der Waals surface area contributed by atoms with Gasteiger partial charge in [0.05, 0.1) is 6.54 Å². The van der Waals surface area contributed by atoms with Crippen molar-refractivity contribution < 1.29 is 9.52 Å². The average molecular weight is 252 g/mol. The Morgan fingerprint density at radius 2 is 2.06 bits per heavy atom. The highest BCUT2D eigenvalue weighted by Crippen LogP contribution is 2.19. The number of aliphatic hydroxyl groups is 1. The molecule has 0 saturated carbocycles. The fourth-order valence-corrected chi connectivity index (χ4v) is 2.81. The first-order valence-electron chi connectivity index (χ1n) is 6.91. The van der Waals surface area contributed by atoms with Crippen LogP contribution in [0.15, 0.2) is 16.5 Å². The molecule has 1 aromatic rings. The van der Waals surface area contributed by atoms with Crippen LogP contribution in [0.3, 0.4) is 0 Å². The Kier molecular flexibility index (Phi) is 4.80. The summed E-state index contributed by atoms with van der Waals surface area (Å²) in [4.78, 5) is 4.96. The molecule has 4 heteroatoms. The molecule has 1 N–H and O–H groups in total. The second-order valence-corrected chi connectivity index (χ2v) is 4.92. The Hall–Kier alpha value is -0.840. The first kappa shape index (κ1) is 13.6. The largest absolute Gasteiger partial charge is 0.462 e. The van der Waals surface area contributed by atoms with Crippen molar-refractivity contribution in [1.29, 1.82) is 0 Å². The van der Waals surface area contributed by atoms with E-state index in [1.54, 1.807) is 0 Å². The summed E-state index contributed by atoms with van der Waals surface area (Å²) < 4.78 is 5.54. The molecule has 102 valence electrons. The van der Waals surface area contributed by atoms with Crippen LogP contribution >= 0.6 is 0 Å². The zero-order valence-corrected chi connectivity index (χ0v) is 11.4. The molecule has 0 aliphatic carbocycles. The van der Waals surface area contributed by atoms with E-state index < -0.39 is 0 Å². The van der Waals surface area contributed by atoms with E-state index in [9.17, 15) is 0 Å². The lowest BCUT2D eigenvalue weighted by Crippen LogP contribution is -2.37. The summed E-state index contributed by atoms with van der Waals surface area (Å²) in [6, 6.07) is 4.51. The van der Waals surface area contributed by atoms with Crippen LogP contribution in [-0.4, -0.2) is 47.1 Å². The van der Waals surface area contributed by atoms with Gasteiger partial charge in [-0.05, 0) is 31.6 Å². The standard InChI is InChI=1S/C14H24N2O2/c1-3-16(4-2)12-7-8-15(9-12)10-13-5-6-14(11-17)18-13/h5-6,12,17H,3-4,7-11H2,1-2H3. The van der Waals surface area contributed by atoms with Gasteiger partial charge in [-0.15, -0.1) is 0 Å². The van der Waals surface area contributed by atoms with E-state index in [0.29, 0.717) is 11.8 Å². The van der Waals surface area contributed by atoms with E-state index in [1.165, 1.54) is 6.42 Å². The van der Waals surface area contributed by atoms with Crippen molar-refractivity contribution in [3.8, 4) is 0 Å². The SMILES string of the molecule is CCN(CC)C1CCN(Cc2ccc(CO)o2)C1. The Bertz CT molecular complexity index is 360. The Morgan fingerprint density at radius 1 is 1.33 bits per heavy atom. The normalized spacial score (nSPS) is 21.0. The molecule has 2 heterocycles. The van der Waals surface area contributed by atoms with Crippen LogP contribution in [0.5, 0.6) is 0 Å². The molecule has 0 bridgehead atoms. The number of nitrogens with zero attached hydrogens (tertiary/aromatic N) is 2. The van der Waals surface area contributed by atoms with Crippen molar-refractivity contribution in [2.75, 3.05) is 26.2 Å². The van der Waals surface area contributed by atoms with Gasteiger partial charge in [-0.25, -0.2) is 0 Å². The number of furan rings is 1. The van der Waals surface area contributed by atoms with Crippen LogP contribution in [0, 0.1) is 0 Å². The molecule has 0 amide bonds. The predicted molar refractivity (Wildman–Crippen MR) is 71.2 cm³/mol. The summed E-state index contributed by atoms with van der Waals surface area (Å²) >= 11 is 0. The monoisotopic (exact) mass is 252 g/mol. The maximum Gasteiger partial charge on any atom is 0.129 e. The predicted octanol–water partition coefficient (Wildman–Crippen LogP) is 1.69. The lowest BCUT2D eigenvalue weighted by Gasteiger charge is -2.26. The van der Waals surface area contributed by atoms with E-state index in [2.05, 4.69) is 23.6 Å². The van der Waals surface area contributed by atoms with E-state index in [4.69, 9.17) is 9.52 Å². The Labute approximate surface area is 109 Å². The maximum absolute atomic E-state index is 8.98. The molecule has 4 nitrogen and oxygen atoms in total. The van der Waals surface area contributed by atoms with Crippen LogP contribution in [0.1, 0.15) is 31.8 Å². The zero-order valence-electron chi connectivity index (χ0n) is 11.4. The number of likely N-dealkylation sites (N-methyl/N-ethyl adjacent to an activating group) is 1. The molecule has 18 heavy (non-hydrogen) atoms. The zero-order chi connectivity index (χ0) is 13.0. The van der Waals surface area contributed by atoms with Gasteiger partial charge < -0.3 is 9.52 Å². The average Bonchev–Trinajstić information content (AvgIpc) is 3.01. The van der Waals surface area contributed by atoms with Gasteiger partial charge in [-0.1, -0.05) is 13.8 Å². The highest BCUT2D eigenvalue weighted by molar-refractivity contribution is 5.06. The molecule has 0 aromatic carbocycles. The number of likely N-dealkylation sites (tertiary alicyclic amines) is 1. The van der Waals surface area contributed by atoms with Gasteiger partial charge in [-0.2, -0.15) is 0 Å². The summed E-state index contributed by atoms with van der Waals surface area (Å²) in [5.41, 5.74) is 0. The quantitative estimate of drug-likeness (QED) is 0.836. The lowest BCUT2D eigenvalue weighted by molar-refractivity contribution is 0.201. The van der Waals surface area contributed by atoms with E-state index in [1.807, 2.05) is 12.1 Å². The maximum atomic E-state index is 8.98. The summed E-state index contributed by atoms with van der Waals surface area (Å²) in [6.45, 7) is 9.82. The van der Waals surface area contributed by atoms with E-state index in [-0.39, 0.29) is 6.61 Å². The third-order valence-corrected chi connectivity index (χ3v) is 3.83. The fourth-order valence-electron chi connectivity index (χ4n) is 2.81. The van der Waals surface area contributed by atoms with Crippen molar-refractivity contribution in [3.63, 3.8) is 0 Å². The third-order valence-electron chi connectivity index (χ3n) is 3.83. The summed E-state index contributed by atoms with van der Waals surface area (Å²) in [5.74, 6) is 1.61. The molecule has 1 aliphatic rings. The van der Waals surface area contributed by atoms with Crippen LogP contribution in [0.4, 0.5) is 0 Å². The molecule has 1 aliphatic heterocycles. The highest BCUT2D eigenvalue weighted by atomic mass is 16.4. The fraction of sp³-hybridized carbons (Fsp3) is 0.714. The van der Waals surface area contributed by atoms with Gasteiger partial charge in [-0.3, -0.25) is 9.80 Å². The van der Waals surface area contributed by atoms with Crippen LogP contribution in [0.2, 0.25) is 0 Å². The molecule has 1 fully saturated rings. The molecule has 1 unspecified atom stereocenters. The van der Waals surface area contributed by atoms with Gasteiger partial charge in [0.1, 0.15) is 18.1 Å². The minimum atomic E-state index is -0.0118. The molecule has 0 radical (unpaired) electrons. The van der Waals surface area contributed by atoms with Gasteiger partial charge in [0.15, 0.2) is 0 Å². The summed E-state index contributed by atoms with van der Waals surface area (Å²) in [7, 11) is 0. The topological polar surface area (TPSA) is 39.9 Å². The second-order valence-electron chi connectivity index (χ2n) is 4.92. The number of hydrogen-bond donors (Lipinski definition) is 1. The first-order valence-corrected chi connectivity index (χ1v) is 6.91. The smallest absolute Gasteiger partial charge is 0.129 e. The van der Waals surface area contributed by atoms with Crippen molar-refractivity contribution in [3.05, 3.63) is 23.7 Å². The molecular formula is C14H24N2O2. The van der Waals surface area contributed by atoms with E-state index in [0.717, 1.165) is 38.5 Å². The second kappa shape index (κ2) is 6.36. The van der Waals surface area contributed by atoms with E-state index >= 15 is 0 Å². The number of hydrogen-bond acceptors (Lipinski definition) is 4. The Morgan fingerprint density at radius 3 is 2.67 bits per heavy atom. The highest BCUT2D eigenvalue weighted by Gasteiger charge is 2.26. The first-order chi connectivity index (χ1) is 8.76.